The van der Waals surface area contributed by atoms with Gasteiger partial charge in [-0.2, -0.15) is 5.48 Å². The van der Waals surface area contributed by atoms with Gasteiger partial charge in [-0.1, -0.05) is 70.2 Å². The van der Waals surface area contributed by atoms with Gasteiger partial charge >= 0.3 is 0 Å². The third-order valence-electron chi connectivity index (χ3n) is 6.61. The first-order valence-corrected chi connectivity index (χ1v) is 14.4. The molecule has 4 rings (SSSR count). The molecule has 1 heterocycles. The Balaban J connectivity index is 1.41. The maximum absolute atomic E-state index is 13.6. The Labute approximate surface area is 254 Å². The number of carbonyl (C=O) groups is 2. The van der Waals surface area contributed by atoms with Crippen molar-refractivity contribution in [3.05, 3.63) is 97.4 Å². The number of amides is 2. The molecule has 0 aromatic heterocycles. The van der Waals surface area contributed by atoms with Crippen molar-refractivity contribution in [2.75, 3.05) is 19.6 Å². The fourth-order valence-electron chi connectivity index (χ4n) is 4.36. The number of hydrogen-bond acceptors (Lipinski definition) is 5. The van der Waals surface area contributed by atoms with Gasteiger partial charge in [-0.05, 0) is 67.8 Å². The largest absolute Gasteiger partial charge is 0.409 e. The van der Waals surface area contributed by atoms with Crippen LogP contribution in [-0.2, 0) is 11.3 Å². The SMILES string of the molecule is Cc1ccc(ONCCC2NC(CNC(=O)c3ccc(Cl)c(Cl)c3)CCN(Cc3ccc(Cl)cc3Cl)C2=O)cc1. The normalized spacial score (nSPS) is 17.4. The van der Waals surface area contributed by atoms with E-state index in [0.29, 0.717) is 70.4 Å². The number of halogens is 4. The van der Waals surface area contributed by atoms with Crippen molar-refractivity contribution in [2.24, 2.45) is 0 Å². The van der Waals surface area contributed by atoms with E-state index < -0.39 is 6.04 Å². The Morgan fingerprint density at radius 3 is 2.50 bits per heavy atom. The lowest BCUT2D eigenvalue weighted by atomic mass is 10.1. The van der Waals surface area contributed by atoms with Crippen molar-refractivity contribution in [1.29, 1.82) is 0 Å². The molecule has 1 aliphatic heterocycles. The number of aryl methyl sites for hydroxylation is 1. The zero-order chi connectivity index (χ0) is 28.6. The van der Waals surface area contributed by atoms with Crippen LogP contribution in [0, 0.1) is 6.92 Å². The van der Waals surface area contributed by atoms with Gasteiger partial charge in [0.1, 0.15) is 5.75 Å². The Bertz CT molecular complexity index is 1340. The van der Waals surface area contributed by atoms with Crippen LogP contribution < -0.4 is 21.0 Å². The number of hydroxylamine groups is 1. The molecule has 0 saturated carbocycles. The maximum Gasteiger partial charge on any atom is 0.251 e. The summed E-state index contributed by atoms with van der Waals surface area (Å²) in [7, 11) is 0. The Morgan fingerprint density at radius 1 is 1.00 bits per heavy atom. The van der Waals surface area contributed by atoms with Crippen molar-refractivity contribution in [3.8, 4) is 5.75 Å². The summed E-state index contributed by atoms with van der Waals surface area (Å²) in [5.74, 6) is 0.361. The van der Waals surface area contributed by atoms with Crippen LogP contribution in [0.3, 0.4) is 0 Å². The number of hydrogen-bond donors (Lipinski definition) is 3. The van der Waals surface area contributed by atoms with Crippen molar-refractivity contribution >= 4 is 58.2 Å². The lowest BCUT2D eigenvalue weighted by Gasteiger charge is -2.25. The molecule has 3 N–H and O–H groups in total. The summed E-state index contributed by atoms with van der Waals surface area (Å²) in [6.07, 6.45) is 1.09. The summed E-state index contributed by atoms with van der Waals surface area (Å²) in [4.78, 5) is 33.8. The van der Waals surface area contributed by atoms with E-state index in [4.69, 9.17) is 51.2 Å². The molecule has 0 bridgehead atoms. The van der Waals surface area contributed by atoms with Crippen LogP contribution in [0.25, 0.3) is 0 Å². The molecule has 2 amide bonds. The number of rotatable bonds is 10. The highest BCUT2D eigenvalue weighted by molar-refractivity contribution is 6.42. The van der Waals surface area contributed by atoms with E-state index >= 15 is 0 Å². The van der Waals surface area contributed by atoms with Crippen LogP contribution in [0.15, 0.2) is 60.7 Å². The van der Waals surface area contributed by atoms with Crippen LogP contribution in [-0.4, -0.2) is 48.4 Å². The lowest BCUT2D eigenvalue weighted by Crippen LogP contribution is -2.49. The Morgan fingerprint density at radius 2 is 1.77 bits per heavy atom. The van der Waals surface area contributed by atoms with Gasteiger partial charge in [0.2, 0.25) is 5.91 Å². The molecule has 3 aromatic rings. The Hall–Kier alpha value is -2.52. The molecule has 2 unspecified atom stereocenters. The van der Waals surface area contributed by atoms with Crippen LogP contribution in [0.2, 0.25) is 20.1 Å². The van der Waals surface area contributed by atoms with Crippen LogP contribution in [0.1, 0.15) is 34.3 Å². The monoisotopic (exact) mass is 622 g/mol. The molecule has 40 heavy (non-hydrogen) atoms. The average molecular weight is 624 g/mol. The van der Waals surface area contributed by atoms with Crippen molar-refractivity contribution in [1.82, 2.24) is 21.0 Å². The van der Waals surface area contributed by atoms with E-state index in [2.05, 4.69) is 16.1 Å². The smallest absolute Gasteiger partial charge is 0.251 e. The van der Waals surface area contributed by atoms with E-state index in [1.54, 1.807) is 29.2 Å². The molecule has 0 radical (unpaired) electrons. The predicted octanol–water partition coefficient (Wildman–Crippen LogP) is 6.07. The minimum absolute atomic E-state index is 0.0542. The summed E-state index contributed by atoms with van der Waals surface area (Å²) in [5, 5.41) is 8.11. The third kappa shape index (κ3) is 8.49. The minimum atomic E-state index is -0.505. The Kier molecular flexibility index (Phi) is 11.0. The van der Waals surface area contributed by atoms with Gasteiger partial charge in [-0.25, -0.2) is 0 Å². The fourth-order valence-corrected chi connectivity index (χ4v) is 5.13. The standard InChI is InChI=1S/C29H30Cl4N4O3/c1-18-2-7-23(8-3-18)40-35-12-10-27-29(39)37(17-20-4-6-21(30)15-25(20)32)13-11-22(36-27)16-34-28(38)19-5-9-24(31)26(33)14-19/h2-9,14-15,22,27,35-36H,10-13,16-17H2,1H3,(H,34,38). The highest BCUT2D eigenvalue weighted by atomic mass is 35.5. The fraction of sp³-hybridized carbons (Fsp3) is 0.310. The maximum atomic E-state index is 13.6. The highest BCUT2D eigenvalue weighted by Gasteiger charge is 2.31. The van der Waals surface area contributed by atoms with E-state index in [0.717, 1.165) is 11.1 Å². The second-order valence-electron chi connectivity index (χ2n) is 9.64. The number of carbonyl (C=O) groups excluding carboxylic acids is 2. The van der Waals surface area contributed by atoms with Gasteiger partial charge in [-0.3, -0.25) is 9.59 Å². The van der Waals surface area contributed by atoms with Gasteiger partial charge in [-0.15, -0.1) is 0 Å². The number of nitrogens with zero attached hydrogens (tertiary/aromatic N) is 1. The molecule has 1 fully saturated rings. The predicted molar refractivity (Wildman–Crippen MR) is 160 cm³/mol. The molecule has 0 spiro atoms. The first-order valence-electron chi connectivity index (χ1n) is 12.9. The summed E-state index contributed by atoms with van der Waals surface area (Å²) in [5.41, 5.74) is 5.30. The van der Waals surface area contributed by atoms with E-state index in [-0.39, 0.29) is 17.9 Å². The lowest BCUT2D eigenvalue weighted by molar-refractivity contribution is -0.133. The topological polar surface area (TPSA) is 82.7 Å². The molecule has 11 heteroatoms. The van der Waals surface area contributed by atoms with Gasteiger partial charge in [0.15, 0.2) is 0 Å². The molecule has 0 aliphatic carbocycles. The molecule has 1 saturated heterocycles. The van der Waals surface area contributed by atoms with Gasteiger partial charge < -0.3 is 20.4 Å². The van der Waals surface area contributed by atoms with E-state index in [1.807, 2.05) is 37.3 Å². The molecule has 212 valence electrons. The molecular weight excluding hydrogens is 594 g/mol. The quantitative estimate of drug-likeness (QED) is 0.189. The van der Waals surface area contributed by atoms with Gasteiger partial charge in [0.25, 0.3) is 5.91 Å². The van der Waals surface area contributed by atoms with Gasteiger partial charge in [0.05, 0.1) is 16.1 Å². The summed E-state index contributed by atoms with van der Waals surface area (Å²) in [6, 6.07) is 17.0. The second kappa shape index (κ2) is 14.4. The molecule has 1 aliphatic rings. The summed E-state index contributed by atoms with van der Waals surface area (Å²) in [6.45, 7) is 3.60. The first kappa shape index (κ1) is 30.4. The highest BCUT2D eigenvalue weighted by Crippen LogP contribution is 2.24. The van der Waals surface area contributed by atoms with Crippen LogP contribution >= 0.6 is 46.4 Å². The van der Waals surface area contributed by atoms with Gasteiger partial charge in [0, 0.05) is 47.8 Å². The second-order valence-corrected chi connectivity index (χ2v) is 11.3. The van der Waals surface area contributed by atoms with E-state index in [1.165, 1.54) is 6.07 Å². The van der Waals surface area contributed by atoms with Crippen molar-refractivity contribution < 1.29 is 14.4 Å². The van der Waals surface area contributed by atoms with Crippen LogP contribution in [0.5, 0.6) is 5.75 Å². The third-order valence-corrected chi connectivity index (χ3v) is 7.93. The zero-order valence-electron chi connectivity index (χ0n) is 21.9. The number of benzene rings is 3. The number of nitrogens with one attached hydrogen (secondary N) is 3. The molecule has 7 nitrogen and oxygen atoms in total. The van der Waals surface area contributed by atoms with Crippen LogP contribution in [0.4, 0.5) is 0 Å². The minimum Gasteiger partial charge on any atom is -0.409 e. The molecular formula is C29H30Cl4N4O3. The molecule has 2 atom stereocenters. The zero-order valence-corrected chi connectivity index (χ0v) is 24.9. The summed E-state index contributed by atoms with van der Waals surface area (Å²) >= 11 is 24.5. The molecule has 3 aromatic carbocycles. The average Bonchev–Trinajstić information content (AvgIpc) is 3.07. The summed E-state index contributed by atoms with van der Waals surface area (Å²) < 4.78 is 0. The van der Waals surface area contributed by atoms with E-state index in [9.17, 15) is 9.59 Å². The first-order chi connectivity index (χ1) is 19.2. The van der Waals surface area contributed by atoms with Crippen molar-refractivity contribution in [2.45, 2.75) is 38.4 Å². The van der Waals surface area contributed by atoms with Crippen molar-refractivity contribution in [3.63, 3.8) is 0 Å².